The molecule has 0 unspecified atom stereocenters. The van der Waals surface area contributed by atoms with Crippen molar-refractivity contribution in [2.45, 2.75) is 37.8 Å². The topological polar surface area (TPSA) is 82.6 Å². The van der Waals surface area contributed by atoms with Gasteiger partial charge in [0, 0.05) is 48.6 Å². The van der Waals surface area contributed by atoms with E-state index in [-0.39, 0.29) is 41.3 Å². The maximum Gasteiger partial charge on any atom is 0.393 e. The van der Waals surface area contributed by atoms with Crippen molar-refractivity contribution in [1.82, 2.24) is 14.8 Å². The predicted molar refractivity (Wildman–Crippen MR) is 162 cm³/mol. The van der Waals surface area contributed by atoms with Crippen LogP contribution in [-0.4, -0.2) is 68.4 Å². The first-order valence-corrected chi connectivity index (χ1v) is 15.6. The SMILES string of the molecule is O=C(Nc1ccccc1-c1ccc(CC(F)(F)F)cc1)c1csc(C2CCN(C(=O)CCN3C(=O)CSC3=S)CC2)n1. The van der Waals surface area contributed by atoms with Crippen LogP contribution in [0.4, 0.5) is 18.9 Å². The highest BCUT2D eigenvalue weighted by Gasteiger charge is 2.30. The molecular weight excluding hydrogens is 606 g/mol. The van der Waals surface area contributed by atoms with Crippen LogP contribution < -0.4 is 5.32 Å². The van der Waals surface area contributed by atoms with Crippen molar-refractivity contribution in [3.63, 3.8) is 0 Å². The number of nitrogens with one attached hydrogen (secondary N) is 1. The average Bonchev–Trinajstić information content (AvgIpc) is 3.58. The summed E-state index contributed by atoms with van der Waals surface area (Å²) in [5, 5.41) is 5.45. The fourth-order valence-corrected chi connectivity index (χ4v) is 7.07. The molecule has 2 saturated heterocycles. The van der Waals surface area contributed by atoms with Gasteiger partial charge in [-0.15, -0.1) is 11.3 Å². The van der Waals surface area contributed by atoms with E-state index in [0.717, 1.165) is 17.8 Å². The van der Waals surface area contributed by atoms with Gasteiger partial charge in [0.05, 0.1) is 17.2 Å². The Bertz CT molecular complexity index is 1470. The Labute approximate surface area is 254 Å². The molecule has 1 aromatic heterocycles. The smallest absolute Gasteiger partial charge is 0.343 e. The molecule has 2 aliphatic rings. The van der Waals surface area contributed by atoms with Crippen LogP contribution in [0.15, 0.2) is 53.9 Å². The molecule has 42 heavy (non-hydrogen) atoms. The van der Waals surface area contributed by atoms with E-state index in [9.17, 15) is 27.6 Å². The summed E-state index contributed by atoms with van der Waals surface area (Å²) in [4.78, 5) is 45.6. The number of likely N-dealkylation sites (tertiary alicyclic amines) is 1. The monoisotopic (exact) mass is 632 g/mol. The zero-order chi connectivity index (χ0) is 29.9. The lowest BCUT2D eigenvalue weighted by atomic mass is 9.97. The van der Waals surface area contributed by atoms with E-state index in [0.29, 0.717) is 46.5 Å². The number of para-hydroxylation sites is 1. The molecule has 0 saturated carbocycles. The molecule has 0 aliphatic carbocycles. The average molecular weight is 633 g/mol. The largest absolute Gasteiger partial charge is 0.393 e. The van der Waals surface area contributed by atoms with E-state index in [1.54, 1.807) is 46.7 Å². The lowest BCUT2D eigenvalue weighted by molar-refractivity contribution is -0.133. The minimum absolute atomic E-state index is 0.00573. The zero-order valence-corrected chi connectivity index (χ0v) is 24.8. The van der Waals surface area contributed by atoms with Gasteiger partial charge in [-0.05, 0) is 30.0 Å². The Kier molecular flexibility index (Phi) is 9.28. The van der Waals surface area contributed by atoms with Gasteiger partial charge in [-0.1, -0.05) is 66.4 Å². The summed E-state index contributed by atoms with van der Waals surface area (Å²) in [6, 6.07) is 13.2. The van der Waals surface area contributed by atoms with Crippen molar-refractivity contribution in [3.05, 3.63) is 70.2 Å². The van der Waals surface area contributed by atoms with Crippen LogP contribution in [0.25, 0.3) is 11.1 Å². The molecule has 3 heterocycles. The van der Waals surface area contributed by atoms with E-state index in [1.807, 2.05) is 0 Å². The zero-order valence-electron chi connectivity index (χ0n) is 22.4. The van der Waals surface area contributed by atoms with Gasteiger partial charge in [0.25, 0.3) is 5.91 Å². The van der Waals surface area contributed by atoms with Gasteiger partial charge in [0.1, 0.15) is 10.0 Å². The highest BCUT2D eigenvalue weighted by Crippen LogP contribution is 2.33. The van der Waals surface area contributed by atoms with Crippen LogP contribution in [0.3, 0.4) is 0 Å². The van der Waals surface area contributed by atoms with Crippen LogP contribution >= 0.6 is 35.3 Å². The number of thiocarbonyl (C=S) groups is 1. The number of piperidine rings is 1. The van der Waals surface area contributed by atoms with E-state index >= 15 is 0 Å². The second-order valence-corrected chi connectivity index (χ2v) is 12.6. The predicted octanol–water partition coefficient (Wildman–Crippen LogP) is 6.12. The van der Waals surface area contributed by atoms with Crippen LogP contribution in [-0.2, 0) is 16.0 Å². The van der Waals surface area contributed by atoms with Gasteiger partial charge >= 0.3 is 6.18 Å². The van der Waals surface area contributed by atoms with Gasteiger partial charge in [0.2, 0.25) is 11.8 Å². The molecule has 2 fully saturated rings. The van der Waals surface area contributed by atoms with Crippen LogP contribution in [0, 0.1) is 0 Å². The van der Waals surface area contributed by atoms with E-state index < -0.39 is 12.6 Å². The number of rotatable bonds is 8. The molecule has 1 N–H and O–H groups in total. The molecule has 0 atom stereocenters. The lowest BCUT2D eigenvalue weighted by Crippen LogP contribution is -2.40. The minimum atomic E-state index is -4.28. The quantitative estimate of drug-likeness (QED) is 0.301. The fraction of sp³-hybridized carbons (Fsp3) is 0.345. The van der Waals surface area contributed by atoms with E-state index in [2.05, 4.69) is 10.3 Å². The molecule has 3 amide bonds. The fourth-order valence-electron chi connectivity index (χ4n) is 4.98. The van der Waals surface area contributed by atoms with Crippen LogP contribution in [0.2, 0.25) is 0 Å². The molecule has 3 aromatic rings. The number of hydrogen-bond acceptors (Lipinski definition) is 7. The van der Waals surface area contributed by atoms with Crippen LogP contribution in [0.1, 0.15) is 46.2 Å². The number of hydrogen-bond donors (Lipinski definition) is 1. The standard InChI is InChI=1S/C29H27F3N4O3S3/c30-29(31,32)15-18-5-7-19(8-6-18)21-3-1-2-4-22(21)33-26(39)23-16-41-27(34-23)20-9-12-35(13-10-20)24(37)11-14-36-25(38)17-42-28(36)40/h1-8,16,20H,9-15,17H2,(H,33,39). The molecule has 220 valence electrons. The van der Waals surface area contributed by atoms with Gasteiger partial charge in [-0.3, -0.25) is 19.3 Å². The number of nitrogens with zero attached hydrogens (tertiary/aromatic N) is 3. The third-order valence-electron chi connectivity index (χ3n) is 7.19. The maximum absolute atomic E-state index is 13.1. The Morgan fingerprint density at radius 1 is 1.07 bits per heavy atom. The van der Waals surface area contributed by atoms with Gasteiger partial charge in [0.15, 0.2) is 0 Å². The first-order valence-electron chi connectivity index (χ1n) is 13.3. The Balaban J connectivity index is 1.16. The maximum atomic E-state index is 13.1. The molecule has 0 bridgehead atoms. The van der Waals surface area contributed by atoms with Crippen molar-refractivity contribution < 1.29 is 27.6 Å². The van der Waals surface area contributed by atoms with E-state index in [4.69, 9.17) is 12.2 Å². The van der Waals surface area contributed by atoms with Gasteiger partial charge in [-0.2, -0.15) is 13.2 Å². The number of carbonyl (C=O) groups excluding carboxylic acids is 3. The number of alkyl halides is 3. The number of anilines is 1. The molecule has 0 spiro atoms. The highest BCUT2D eigenvalue weighted by molar-refractivity contribution is 8.23. The van der Waals surface area contributed by atoms with Crippen molar-refractivity contribution in [3.8, 4) is 11.1 Å². The molecule has 7 nitrogen and oxygen atoms in total. The van der Waals surface area contributed by atoms with Gasteiger partial charge < -0.3 is 10.2 Å². The first-order chi connectivity index (χ1) is 20.1. The number of aromatic nitrogens is 1. The summed E-state index contributed by atoms with van der Waals surface area (Å²) in [7, 11) is 0. The number of benzene rings is 2. The molecule has 0 radical (unpaired) electrons. The lowest BCUT2D eigenvalue weighted by Gasteiger charge is -2.31. The summed E-state index contributed by atoms with van der Waals surface area (Å²) in [5.41, 5.74) is 2.35. The summed E-state index contributed by atoms with van der Waals surface area (Å²) in [6.45, 7) is 1.46. The van der Waals surface area contributed by atoms with E-state index in [1.165, 1.54) is 40.1 Å². The van der Waals surface area contributed by atoms with Crippen molar-refractivity contribution in [1.29, 1.82) is 0 Å². The number of thioether (sulfide) groups is 1. The van der Waals surface area contributed by atoms with Crippen LogP contribution in [0.5, 0.6) is 0 Å². The third-order valence-corrected chi connectivity index (χ3v) is 9.63. The second kappa shape index (κ2) is 12.9. The molecule has 5 rings (SSSR count). The normalized spacial score (nSPS) is 16.3. The highest BCUT2D eigenvalue weighted by atomic mass is 32.2. The number of carbonyl (C=O) groups is 3. The Hall–Kier alpha value is -3.29. The first kappa shape index (κ1) is 30.2. The second-order valence-electron chi connectivity index (χ2n) is 10.1. The summed E-state index contributed by atoms with van der Waals surface area (Å²) in [5.74, 6) is 0.0305. The minimum Gasteiger partial charge on any atom is -0.343 e. The Morgan fingerprint density at radius 3 is 2.45 bits per heavy atom. The Morgan fingerprint density at radius 2 is 1.79 bits per heavy atom. The van der Waals surface area contributed by atoms with Crippen molar-refractivity contribution >= 4 is 63.0 Å². The number of amides is 3. The molecular formula is C29H27F3N4O3S3. The summed E-state index contributed by atoms with van der Waals surface area (Å²) < 4.78 is 38.7. The molecule has 2 aromatic carbocycles. The van der Waals surface area contributed by atoms with Crippen molar-refractivity contribution in [2.24, 2.45) is 0 Å². The molecule has 13 heteroatoms. The summed E-state index contributed by atoms with van der Waals surface area (Å²) in [6.07, 6.45) is -3.59. The molecule has 2 aliphatic heterocycles. The summed E-state index contributed by atoms with van der Waals surface area (Å²) >= 11 is 7.91. The van der Waals surface area contributed by atoms with Gasteiger partial charge in [-0.25, -0.2) is 4.98 Å². The third kappa shape index (κ3) is 7.37. The van der Waals surface area contributed by atoms with Crippen molar-refractivity contribution in [2.75, 3.05) is 30.7 Å². The number of halogens is 3. The number of thiazole rings is 1.